The van der Waals surface area contributed by atoms with Crippen LogP contribution in [0.1, 0.15) is 45.4 Å². The number of aliphatic imine (C=N–C) groups is 1. The van der Waals surface area contributed by atoms with Gasteiger partial charge in [-0.1, -0.05) is 19.3 Å². The molecule has 3 fully saturated rings. The van der Waals surface area contributed by atoms with Gasteiger partial charge in [0, 0.05) is 35.9 Å². The van der Waals surface area contributed by atoms with E-state index >= 15 is 0 Å². The van der Waals surface area contributed by atoms with Crippen molar-refractivity contribution >= 4 is 53.5 Å². The van der Waals surface area contributed by atoms with E-state index in [0.29, 0.717) is 11.3 Å². The predicted molar refractivity (Wildman–Crippen MR) is 118 cm³/mol. The number of nitrogens with zero attached hydrogens (tertiary/aromatic N) is 2. The first-order valence-electron chi connectivity index (χ1n) is 9.12. The van der Waals surface area contributed by atoms with Gasteiger partial charge in [-0.05, 0) is 31.9 Å². The molecule has 1 unspecified atom stereocenters. The lowest BCUT2D eigenvalue weighted by Crippen LogP contribution is -2.53. The highest BCUT2D eigenvalue weighted by molar-refractivity contribution is 14.0. The number of guanidine groups is 1. The minimum atomic E-state index is -0.585. The van der Waals surface area contributed by atoms with Crippen molar-refractivity contribution < 1.29 is 5.11 Å². The van der Waals surface area contributed by atoms with E-state index in [1.165, 1.54) is 37.9 Å². The highest BCUT2D eigenvalue weighted by Gasteiger charge is 2.38. The largest absolute Gasteiger partial charge is 0.387 e. The molecule has 2 heterocycles. The fraction of sp³-hybridized carbons (Fsp3) is 0.941. The van der Waals surface area contributed by atoms with Crippen molar-refractivity contribution in [1.29, 1.82) is 0 Å². The van der Waals surface area contributed by atoms with Crippen LogP contribution in [0.5, 0.6) is 0 Å². The Morgan fingerprint density at radius 3 is 2.67 bits per heavy atom. The van der Waals surface area contributed by atoms with E-state index in [9.17, 15) is 5.11 Å². The van der Waals surface area contributed by atoms with Crippen molar-refractivity contribution in [2.24, 2.45) is 4.99 Å². The van der Waals surface area contributed by atoms with Crippen molar-refractivity contribution in [2.45, 2.75) is 55.8 Å². The molecule has 2 saturated heterocycles. The third kappa shape index (κ3) is 5.33. The first kappa shape index (κ1) is 21.0. The maximum absolute atomic E-state index is 10.6. The molecular weight excluding hydrogens is 453 g/mol. The zero-order chi connectivity index (χ0) is 16.2. The lowest BCUT2D eigenvalue weighted by molar-refractivity contribution is 0.0775. The van der Waals surface area contributed by atoms with Crippen LogP contribution >= 0.6 is 47.5 Å². The van der Waals surface area contributed by atoms with E-state index in [4.69, 9.17) is 4.99 Å². The molecule has 1 saturated carbocycles. The Morgan fingerprint density at radius 2 is 2.00 bits per heavy atom. The van der Waals surface area contributed by atoms with Crippen molar-refractivity contribution in [3.05, 3.63) is 0 Å². The Labute approximate surface area is 172 Å². The van der Waals surface area contributed by atoms with Crippen LogP contribution in [-0.4, -0.2) is 69.8 Å². The molecule has 0 bridgehead atoms. The maximum atomic E-state index is 10.6. The maximum Gasteiger partial charge on any atom is 0.194 e. The van der Waals surface area contributed by atoms with Gasteiger partial charge in [-0.15, -0.1) is 24.0 Å². The van der Waals surface area contributed by atoms with Crippen LogP contribution in [0.3, 0.4) is 0 Å². The van der Waals surface area contributed by atoms with Crippen molar-refractivity contribution in [1.82, 2.24) is 10.2 Å². The normalized spacial score (nSPS) is 30.2. The van der Waals surface area contributed by atoms with Crippen molar-refractivity contribution in [3.63, 3.8) is 0 Å². The van der Waals surface area contributed by atoms with Gasteiger partial charge < -0.3 is 15.3 Å². The summed E-state index contributed by atoms with van der Waals surface area (Å²) in [6.07, 6.45) is 7.75. The van der Waals surface area contributed by atoms with Crippen LogP contribution in [0.15, 0.2) is 4.99 Å². The quantitative estimate of drug-likeness (QED) is 0.365. The van der Waals surface area contributed by atoms with Gasteiger partial charge in [0.1, 0.15) is 0 Å². The van der Waals surface area contributed by atoms with E-state index in [1.807, 2.05) is 11.8 Å². The van der Waals surface area contributed by atoms with E-state index in [0.717, 1.165) is 43.5 Å². The number of aliphatic hydroxyl groups is 1. The van der Waals surface area contributed by atoms with Gasteiger partial charge in [-0.25, -0.2) is 0 Å². The molecule has 1 aliphatic carbocycles. The smallest absolute Gasteiger partial charge is 0.194 e. The van der Waals surface area contributed by atoms with E-state index in [-0.39, 0.29) is 24.0 Å². The van der Waals surface area contributed by atoms with Gasteiger partial charge in [-0.2, -0.15) is 23.5 Å². The third-order valence-corrected chi connectivity index (χ3v) is 8.02. The average molecular weight is 486 g/mol. The molecule has 3 rings (SSSR count). The lowest BCUT2D eigenvalue weighted by Gasteiger charge is -2.45. The second kappa shape index (κ2) is 9.55. The number of rotatable bonds is 3. The van der Waals surface area contributed by atoms with Crippen LogP contribution in [0.4, 0.5) is 0 Å². The fourth-order valence-corrected chi connectivity index (χ4v) is 6.75. The van der Waals surface area contributed by atoms with Crippen LogP contribution < -0.4 is 5.32 Å². The number of nitrogens with one attached hydrogen (secondary N) is 1. The number of hydrogen-bond donors (Lipinski definition) is 2. The van der Waals surface area contributed by atoms with Gasteiger partial charge in [0.25, 0.3) is 0 Å². The standard InChI is InChI=1S/C17H31N3OS2.HI/c1-2-18-15(19-12-16(21)8-10-22-14-16)20-9-11-23-17(13-20)6-4-3-5-7-17;/h21H,2-14H2,1H3,(H,18,19);1H. The molecule has 1 atom stereocenters. The average Bonchev–Trinajstić information content (AvgIpc) is 2.99. The summed E-state index contributed by atoms with van der Waals surface area (Å²) in [5, 5.41) is 14.0. The number of hydrogen-bond acceptors (Lipinski definition) is 4. The van der Waals surface area contributed by atoms with Crippen molar-refractivity contribution in [2.75, 3.05) is 43.4 Å². The Kier molecular flexibility index (Phi) is 8.35. The summed E-state index contributed by atoms with van der Waals surface area (Å²) in [6, 6.07) is 0. The molecule has 0 amide bonds. The Hall–Kier alpha value is 0.660. The van der Waals surface area contributed by atoms with Crippen LogP contribution in [0.2, 0.25) is 0 Å². The summed E-state index contributed by atoms with van der Waals surface area (Å²) >= 11 is 4.03. The topological polar surface area (TPSA) is 47.9 Å². The fourth-order valence-electron chi connectivity index (χ4n) is 3.89. The summed E-state index contributed by atoms with van der Waals surface area (Å²) in [7, 11) is 0. The minimum absolute atomic E-state index is 0. The van der Waals surface area contributed by atoms with E-state index in [1.54, 1.807) is 0 Å². The molecule has 4 nitrogen and oxygen atoms in total. The first-order chi connectivity index (χ1) is 11.1. The van der Waals surface area contributed by atoms with Gasteiger partial charge in [0.2, 0.25) is 0 Å². The van der Waals surface area contributed by atoms with Gasteiger partial charge >= 0.3 is 0 Å². The molecule has 2 aliphatic heterocycles. The molecular formula is C17H32IN3OS2. The zero-order valence-electron chi connectivity index (χ0n) is 14.8. The highest BCUT2D eigenvalue weighted by atomic mass is 127. The minimum Gasteiger partial charge on any atom is -0.387 e. The molecule has 7 heteroatoms. The van der Waals surface area contributed by atoms with Gasteiger partial charge in [0.05, 0.1) is 12.1 Å². The number of thioether (sulfide) groups is 2. The summed E-state index contributed by atoms with van der Waals surface area (Å²) in [5.74, 6) is 4.11. The summed E-state index contributed by atoms with van der Waals surface area (Å²) < 4.78 is 0.451. The molecule has 1 spiro atoms. The Morgan fingerprint density at radius 1 is 1.21 bits per heavy atom. The second-order valence-corrected chi connectivity index (χ2v) is 9.88. The SMILES string of the molecule is CCNC(=NCC1(O)CCSC1)N1CCSC2(CCCCC2)C1.I. The van der Waals surface area contributed by atoms with Crippen molar-refractivity contribution in [3.8, 4) is 0 Å². The number of halogens is 1. The Balaban J connectivity index is 0.00000208. The van der Waals surface area contributed by atoms with E-state index in [2.05, 4.69) is 28.9 Å². The lowest BCUT2D eigenvalue weighted by atomic mass is 9.87. The zero-order valence-corrected chi connectivity index (χ0v) is 18.7. The summed E-state index contributed by atoms with van der Waals surface area (Å²) in [4.78, 5) is 7.28. The molecule has 2 N–H and O–H groups in total. The Bertz CT molecular complexity index is 419. The molecule has 0 aromatic carbocycles. The molecule has 0 aromatic heterocycles. The molecule has 140 valence electrons. The van der Waals surface area contributed by atoms with Crippen LogP contribution in [0.25, 0.3) is 0 Å². The van der Waals surface area contributed by atoms with E-state index < -0.39 is 5.60 Å². The molecule has 24 heavy (non-hydrogen) atoms. The van der Waals surface area contributed by atoms with Gasteiger partial charge in [-0.3, -0.25) is 4.99 Å². The van der Waals surface area contributed by atoms with Crippen LogP contribution in [0, 0.1) is 0 Å². The predicted octanol–water partition coefficient (Wildman–Crippen LogP) is 3.19. The summed E-state index contributed by atoms with van der Waals surface area (Å²) in [5.41, 5.74) is -0.585. The second-order valence-electron chi connectivity index (χ2n) is 7.21. The highest BCUT2D eigenvalue weighted by Crippen LogP contribution is 2.42. The first-order valence-corrected chi connectivity index (χ1v) is 11.3. The molecule has 0 radical (unpaired) electrons. The van der Waals surface area contributed by atoms with Crippen LogP contribution in [-0.2, 0) is 0 Å². The molecule has 0 aromatic rings. The van der Waals surface area contributed by atoms with Gasteiger partial charge in [0.15, 0.2) is 5.96 Å². The third-order valence-electron chi connectivity index (χ3n) is 5.25. The summed E-state index contributed by atoms with van der Waals surface area (Å²) in [6.45, 7) is 5.76. The molecule has 3 aliphatic rings. The monoisotopic (exact) mass is 485 g/mol.